The first-order valence-corrected chi connectivity index (χ1v) is 30.0. The van der Waals surface area contributed by atoms with Gasteiger partial charge in [0.15, 0.2) is 0 Å². The van der Waals surface area contributed by atoms with Gasteiger partial charge in [-0.2, -0.15) is 0 Å². The Morgan fingerprint density at radius 1 is 0.388 bits per heavy atom. The molecule has 1 aliphatic rings. The van der Waals surface area contributed by atoms with E-state index < -0.39 is 0 Å². The maximum absolute atomic E-state index is 7.15. The molecule has 5 heterocycles. The van der Waals surface area contributed by atoms with Gasteiger partial charge in [-0.15, -0.1) is 0 Å². The van der Waals surface area contributed by atoms with Crippen LogP contribution in [0.3, 0.4) is 0 Å². The minimum Gasteiger partial charge on any atom is -0.457 e. The van der Waals surface area contributed by atoms with E-state index in [1.807, 2.05) is 6.20 Å². The Labute approximate surface area is 497 Å². The summed E-state index contributed by atoms with van der Waals surface area (Å²) in [5, 5.41) is 12.0. The van der Waals surface area contributed by atoms with E-state index in [1.165, 1.54) is 104 Å². The third-order valence-corrected chi connectivity index (χ3v) is 18.0. The molecule has 10 aromatic carbocycles. The van der Waals surface area contributed by atoms with Crippen LogP contribution in [0.4, 0.5) is 11.4 Å². The van der Waals surface area contributed by atoms with Crippen molar-refractivity contribution in [2.45, 2.75) is 92.2 Å². The number of aromatic nitrogens is 4. The van der Waals surface area contributed by atoms with Gasteiger partial charge in [-0.3, -0.25) is 4.57 Å². The summed E-state index contributed by atoms with van der Waals surface area (Å²) in [6.07, 6.45) is 1.94. The third-order valence-electron chi connectivity index (χ3n) is 18.0. The number of benzene rings is 10. The van der Waals surface area contributed by atoms with Gasteiger partial charge in [-0.05, 0) is 146 Å². The molecule has 1 aliphatic heterocycles. The molecule has 0 saturated carbocycles. The van der Waals surface area contributed by atoms with Gasteiger partial charge in [0.2, 0.25) is 0 Å². The Morgan fingerprint density at radius 2 is 0.953 bits per heavy atom. The molecule has 15 rings (SSSR count). The number of hydrogen-bond acceptors (Lipinski definition) is 3. The van der Waals surface area contributed by atoms with Gasteiger partial charge >= 0.3 is 0 Å². The molecule has 14 aromatic rings. The van der Waals surface area contributed by atoms with Crippen LogP contribution in [-0.4, -0.2) is 18.7 Å². The monoisotopic (exact) mass is 1100 g/mol. The molecule has 4 aromatic heterocycles. The van der Waals surface area contributed by atoms with Crippen LogP contribution in [-0.2, 0) is 22.9 Å². The number of aryl methyl sites for hydroxylation is 1. The fourth-order valence-corrected chi connectivity index (χ4v) is 13.5. The van der Waals surface area contributed by atoms with E-state index in [9.17, 15) is 0 Å². The predicted molar refractivity (Wildman–Crippen MR) is 360 cm³/mol. The lowest BCUT2D eigenvalue weighted by atomic mass is 9.78. The van der Waals surface area contributed by atoms with E-state index in [1.54, 1.807) is 0 Å². The third kappa shape index (κ3) is 8.47. The van der Waals surface area contributed by atoms with Gasteiger partial charge in [0.05, 0.1) is 38.8 Å². The fourth-order valence-electron chi connectivity index (χ4n) is 13.5. The first-order valence-electron chi connectivity index (χ1n) is 30.0. The Kier molecular flexibility index (Phi) is 11.8. The van der Waals surface area contributed by atoms with Crippen LogP contribution in [0.25, 0.3) is 110 Å². The molecule has 0 bridgehead atoms. The van der Waals surface area contributed by atoms with E-state index in [0.29, 0.717) is 6.67 Å². The molecule has 0 unspecified atom stereocenters. The number of rotatable bonds is 6. The van der Waals surface area contributed by atoms with Crippen LogP contribution in [0, 0.1) is 6.92 Å². The molecular formula is C79H69N5O. The summed E-state index contributed by atoms with van der Waals surface area (Å²) in [5.41, 5.74) is 17.4. The van der Waals surface area contributed by atoms with Crippen molar-refractivity contribution in [2.75, 3.05) is 4.90 Å². The van der Waals surface area contributed by atoms with Crippen LogP contribution in [0.1, 0.15) is 84.6 Å². The number of ether oxygens (including phenoxy) is 1. The minimum absolute atomic E-state index is 0.0394. The van der Waals surface area contributed by atoms with Gasteiger partial charge in [0.25, 0.3) is 0 Å². The van der Waals surface area contributed by atoms with E-state index in [0.717, 1.165) is 51.0 Å². The second kappa shape index (κ2) is 19.2. The Bertz CT molecular complexity index is 5120. The molecule has 0 spiro atoms. The van der Waals surface area contributed by atoms with E-state index in [4.69, 9.17) is 9.72 Å². The Morgan fingerprint density at radius 3 is 1.66 bits per heavy atom. The van der Waals surface area contributed by atoms with Crippen molar-refractivity contribution in [3.8, 4) is 34.1 Å². The van der Waals surface area contributed by atoms with Gasteiger partial charge < -0.3 is 18.8 Å². The number of anilines is 2. The first kappa shape index (κ1) is 52.2. The second-order valence-electron chi connectivity index (χ2n) is 26.5. The van der Waals surface area contributed by atoms with Gasteiger partial charge in [-0.25, -0.2) is 4.98 Å². The van der Waals surface area contributed by atoms with Gasteiger partial charge in [-0.1, -0.05) is 196 Å². The number of fused-ring (bicyclic) bond motifs is 13. The summed E-state index contributed by atoms with van der Waals surface area (Å²) in [4.78, 5) is 7.50. The summed E-state index contributed by atoms with van der Waals surface area (Å²) >= 11 is 0. The molecule has 0 radical (unpaired) electrons. The van der Waals surface area contributed by atoms with Crippen molar-refractivity contribution in [1.82, 2.24) is 18.7 Å². The molecule has 6 heteroatoms. The van der Waals surface area contributed by atoms with Crippen molar-refractivity contribution >= 4 is 98.3 Å². The number of hydrogen-bond donors (Lipinski definition) is 0. The lowest BCUT2D eigenvalue weighted by Crippen LogP contribution is -2.17. The zero-order valence-corrected chi connectivity index (χ0v) is 50.2. The van der Waals surface area contributed by atoms with Crippen molar-refractivity contribution in [3.05, 3.63) is 247 Å². The highest BCUT2D eigenvalue weighted by Crippen LogP contribution is 2.48. The second-order valence-corrected chi connectivity index (χ2v) is 26.5. The highest BCUT2D eigenvalue weighted by Gasteiger charge is 2.29. The lowest BCUT2D eigenvalue weighted by Gasteiger charge is -2.27. The highest BCUT2D eigenvalue weighted by molar-refractivity contribution is 6.26. The molecule has 0 N–H and O–H groups in total. The molecule has 0 fully saturated rings. The van der Waals surface area contributed by atoms with Crippen molar-refractivity contribution in [2.24, 2.45) is 0 Å². The molecule has 85 heavy (non-hydrogen) atoms. The summed E-state index contributed by atoms with van der Waals surface area (Å²) in [7, 11) is 0. The van der Waals surface area contributed by atoms with Crippen LogP contribution in [0.2, 0.25) is 0 Å². The largest absolute Gasteiger partial charge is 0.457 e. The molecular weight excluding hydrogens is 1030 g/mol. The molecule has 0 aliphatic carbocycles. The van der Waals surface area contributed by atoms with E-state index in [2.05, 4.69) is 306 Å². The van der Waals surface area contributed by atoms with Crippen LogP contribution in [0.5, 0.6) is 11.5 Å². The maximum atomic E-state index is 7.15. The topological polar surface area (TPSA) is 40.1 Å². The standard InChI is InChI=1S/C79H69N5O/c1-49-72(38-37-64-60-29-16-19-35-69(60)84(74(49)64)73-44-51(39-40-80-73)77(2,3)4)85-56-26-20-25-55(45-56)81-48-82-75-57(50-41-52(78(5,6)7)43-53(42-50)79(8,9)10)31-21-32-62(75)58-27-14-15-28-59(58)65-46-67-61-30-17-18-34-68(61)83(54-23-12-11-13-24-54)71(67)47-66(65)63-33-22-36-70(81)76(63)82/h11-47H,48H2,1-10H3. The highest BCUT2D eigenvalue weighted by atomic mass is 16.5. The maximum Gasteiger partial charge on any atom is 0.137 e. The average Bonchev–Trinajstić information content (AvgIpc) is 1.75. The summed E-state index contributed by atoms with van der Waals surface area (Å²) in [6.45, 7) is 23.5. The quantitative estimate of drug-likeness (QED) is 0.167. The molecule has 416 valence electrons. The van der Waals surface area contributed by atoms with Crippen molar-refractivity contribution in [3.63, 3.8) is 0 Å². The minimum atomic E-state index is -0.0765. The zero-order chi connectivity index (χ0) is 58.3. The summed E-state index contributed by atoms with van der Waals surface area (Å²) in [5.74, 6) is 2.46. The van der Waals surface area contributed by atoms with Crippen molar-refractivity contribution in [1.29, 1.82) is 0 Å². The molecule has 0 amide bonds. The Hall–Kier alpha value is -9.65. The first-order chi connectivity index (χ1) is 41.0. The molecule has 0 atom stereocenters. The summed E-state index contributed by atoms with van der Waals surface area (Å²) in [6, 6.07) is 81.1. The number of pyridine rings is 1. The predicted octanol–water partition coefficient (Wildman–Crippen LogP) is 21.6. The number of para-hydroxylation sites is 5. The van der Waals surface area contributed by atoms with Gasteiger partial charge in [0.1, 0.15) is 24.0 Å². The van der Waals surface area contributed by atoms with Crippen LogP contribution in [0.15, 0.2) is 225 Å². The summed E-state index contributed by atoms with van der Waals surface area (Å²) < 4.78 is 14.5. The average molecular weight is 1100 g/mol. The fraction of sp³-hybridized carbons (Fsp3) is 0.177. The molecule has 0 saturated heterocycles. The van der Waals surface area contributed by atoms with Gasteiger partial charge in [0, 0.05) is 67.1 Å². The van der Waals surface area contributed by atoms with E-state index in [-0.39, 0.29) is 16.2 Å². The zero-order valence-electron chi connectivity index (χ0n) is 50.2. The number of nitrogens with zero attached hydrogens (tertiary/aromatic N) is 5. The van der Waals surface area contributed by atoms with E-state index >= 15 is 0 Å². The van der Waals surface area contributed by atoms with Crippen LogP contribution < -0.4 is 9.64 Å². The molecule has 6 nitrogen and oxygen atoms in total. The smallest absolute Gasteiger partial charge is 0.137 e. The van der Waals surface area contributed by atoms with Crippen LogP contribution >= 0.6 is 0 Å². The normalized spacial score (nSPS) is 13.0. The SMILES string of the molecule is Cc1c(Oc2cccc(N3Cn4c5c(-c6cc(C(C)(C)C)cc(C(C)(C)C)c6)cccc5c5ccccc5c5cc6c7ccccc7n(-c7ccccc7)c6cc5c5cccc3c54)c2)ccc2c3ccccc3n(-c3cc(C(C)(C)C)ccn3)c12. The Balaban J connectivity index is 0.993. The van der Waals surface area contributed by atoms with Crippen molar-refractivity contribution < 1.29 is 4.74 Å². The lowest BCUT2D eigenvalue weighted by molar-refractivity contribution is 0.479.